The molecule has 2 aromatic carbocycles. The largest absolute Gasteiger partial charge is 0.493 e. The van der Waals surface area contributed by atoms with Crippen LogP contribution < -0.4 is 20.1 Å². The zero-order chi connectivity index (χ0) is 23.8. The fourth-order valence-electron chi connectivity index (χ4n) is 3.30. The van der Waals surface area contributed by atoms with Crippen molar-refractivity contribution in [3.05, 3.63) is 59.2 Å². The second-order valence-electron chi connectivity index (χ2n) is 8.86. The highest BCUT2D eigenvalue weighted by molar-refractivity contribution is 5.98. The Kier molecular flexibility index (Phi) is 9.12. The van der Waals surface area contributed by atoms with Crippen molar-refractivity contribution in [2.75, 3.05) is 13.7 Å². The summed E-state index contributed by atoms with van der Waals surface area (Å²) in [5.74, 6) is 1.15. The Hall–Kier alpha value is -3.02. The van der Waals surface area contributed by atoms with Crippen LogP contribution in [-0.2, 0) is 4.79 Å². The molecule has 32 heavy (non-hydrogen) atoms. The Bertz CT molecular complexity index is 924. The van der Waals surface area contributed by atoms with Gasteiger partial charge in [0.15, 0.2) is 11.5 Å². The molecule has 0 saturated heterocycles. The van der Waals surface area contributed by atoms with E-state index in [4.69, 9.17) is 9.47 Å². The average Bonchev–Trinajstić information content (AvgIpc) is 2.75. The summed E-state index contributed by atoms with van der Waals surface area (Å²) in [7, 11) is 1.60. The van der Waals surface area contributed by atoms with Gasteiger partial charge in [-0.05, 0) is 55.0 Å². The van der Waals surface area contributed by atoms with Gasteiger partial charge in [0.25, 0.3) is 5.91 Å². The lowest BCUT2D eigenvalue weighted by Gasteiger charge is -2.25. The molecule has 0 aliphatic rings. The molecule has 174 valence electrons. The van der Waals surface area contributed by atoms with E-state index in [1.165, 1.54) is 0 Å². The molecule has 0 fully saturated rings. The van der Waals surface area contributed by atoms with Crippen LogP contribution in [0.25, 0.3) is 0 Å². The van der Waals surface area contributed by atoms with Crippen LogP contribution in [0.2, 0.25) is 0 Å². The second-order valence-corrected chi connectivity index (χ2v) is 8.86. The Balaban J connectivity index is 2.11. The summed E-state index contributed by atoms with van der Waals surface area (Å²) in [5, 5.41) is 5.91. The first-order valence-corrected chi connectivity index (χ1v) is 11.1. The summed E-state index contributed by atoms with van der Waals surface area (Å²) in [6, 6.07) is 12.1. The predicted molar refractivity (Wildman–Crippen MR) is 127 cm³/mol. The molecule has 0 aromatic heterocycles. The van der Waals surface area contributed by atoms with Gasteiger partial charge in [0.2, 0.25) is 5.91 Å². The van der Waals surface area contributed by atoms with E-state index in [0.717, 1.165) is 11.1 Å². The van der Waals surface area contributed by atoms with Crippen LogP contribution >= 0.6 is 0 Å². The Labute approximate surface area is 191 Å². The molecule has 0 heterocycles. The minimum absolute atomic E-state index is 0.0727. The van der Waals surface area contributed by atoms with Gasteiger partial charge in [-0.2, -0.15) is 0 Å². The molecule has 0 spiro atoms. The van der Waals surface area contributed by atoms with Crippen LogP contribution in [0.5, 0.6) is 11.5 Å². The van der Waals surface area contributed by atoms with Crippen molar-refractivity contribution in [3.8, 4) is 11.5 Å². The van der Waals surface area contributed by atoms with Gasteiger partial charge in [0.1, 0.15) is 6.04 Å². The van der Waals surface area contributed by atoms with Crippen LogP contribution in [0.3, 0.4) is 0 Å². The highest BCUT2D eigenvalue weighted by Crippen LogP contribution is 2.30. The van der Waals surface area contributed by atoms with Gasteiger partial charge in [-0.1, -0.05) is 52.0 Å². The van der Waals surface area contributed by atoms with E-state index in [-0.39, 0.29) is 23.8 Å². The average molecular weight is 441 g/mol. The van der Waals surface area contributed by atoms with Gasteiger partial charge in [-0.3, -0.25) is 9.59 Å². The Morgan fingerprint density at radius 1 is 0.938 bits per heavy atom. The van der Waals surface area contributed by atoms with Crippen LogP contribution in [-0.4, -0.2) is 31.6 Å². The number of carbonyl (C=O) groups excluding carboxylic acids is 2. The molecule has 2 unspecified atom stereocenters. The zero-order valence-electron chi connectivity index (χ0n) is 20.2. The third kappa shape index (κ3) is 6.74. The number of methoxy groups -OCH3 is 1. The number of ether oxygens (including phenoxy) is 2. The summed E-state index contributed by atoms with van der Waals surface area (Å²) in [6.45, 7) is 12.4. The third-order valence-electron chi connectivity index (χ3n) is 5.24. The summed E-state index contributed by atoms with van der Waals surface area (Å²) in [6.07, 6.45) is 0. The highest BCUT2D eigenvalue weighted by Gasteiger charge is 2.26. The fourth-order valence-corrected chi connectivity index (χ4v) is 3.30. The van der Waals surface area contributed by atoms with Crippen LogP contribution in [0, 0.1) is 18.8 Å². The first-order valence-electron chi connectivity index (χ1n) is 11.1. The number of aryl methyl sites for hydroxylation is 1. The maximum atomic E-state index is 13.0. The monoisotopic (exact) mass is 440 g/mol. The second kappa shape index (κ2) is 11.6. The van der Waals surface area contributed by atoms with E-state index in [2.05, 4.69) is 24.5 Å². The van der Waals surface area contributed by atoms with Crippen molar-refractivity contribution in [1.29, 1.82) is 0 Å². The first kappa shape index (κ1) is 25.2. The van der Waals surface area contributed by atoms with E-state index in [0.29, 0.717) is 29.6 Å². The topological polar surface area (TPSA) is 76.7 Å². The number of amides is 2. The molecule has 2 atom stereocenters. The predicted octanol–water partition coefficient (Wildman–Crippen LogP) is 4.67. The van der Waals surface area contributed by atoms with E-state index in [1.54, 1.807) is 13.2 Å². The van der Waals surface area contributed by atoms with Crippen molar-refractivity contribution in [1.82, 2.24) is 10.6 Å². The van der Waals surface area contributed by atoms with Crippen molar-refractivity contribution in [2.45, 2.75) is 53.6 Å². The normalized spacial score (nSPS) is 12.9. The molecule has 0 saturated carbocycles. The Morgan fingerprint density at radius 3 is 2.22 bits per heavy atom. The van der Waals surface area contributed by atoms with Crippen molar-refractivity contribution in [3.63, 3.8) is 0 Å². The van der Waals surface area contributed by atoms with E-state index >= 15 is 0 Å². The molecular weight excluding hydrogens is 404 g/mol. The molecule has 0 aliphatic heterocycles. The zero-order valence-corrected chi connectivity index (χ0v) is 20.2. The first-order chi connectivity index (χ1) is 15.1. The molecule has 0 aliphatic carbocycles. The summed E-state index contributed by atoms with van der Waals surface area (Å²) >= 11 is 0. The van der Waals surface area contributed by atoms with E-state index in [1.807, 2.05) is 64.1 Å². The summed E-state index contributed by atoms with van der Waals surface area (Å²) in [4.78, 5) is 25.8. The van der Waals surface area contributed by atoms with Crippen LogP contribution in [0.1, 0.15) is 62.1 Å². The number of hydrogen-bond donors (Lipinski definition) is 2. The maximum Gasteiger partial charge on any atom is 0.252 e. The van der Waals surface area contributed by atoms with Gasteiger partial charge in [-0.15, -0.1) is 0 Å². The lowest BCUT2D eigenvalue weighted by atomic mass is 10.0. The fraction of sp³-hybridized carbons (Fsp3) is 0.462. The lowest BCUT2D eigenvalue weighted by molar-refractivity contribution is -0.124. The van der Waals surface area contributed by atoms with Gasteiger partial charge >= 0.3 is 0 Å². The van der Waals surface area contributed by atoms with Gasteiger partial charge in [0, 0.05) is 5.56 Å². The molecule has 0 bridgehead atoms. The minimum atomic E-state index is -0.653. The van der Waals surface area contributed by atoms with Crippen LogP contribution in [0.4, 0.5) is 0 Å². The number of hydrogen-bond acceptors (Lipinski definition) is 4. The van der Waals surface area contributed by atoms with Crippen molar-refractivity contribution in [2.24, 2.45) is 11.8 Å². The molecule has 2 N–H and O–H groups in total. The van der Waals surface area contributed by atoms with E-state index in [9.17, 15) is 9.59 Å². The van der Waals surface area contributed by atoms with Gasteiger partial charge < -0.3 is 20.1 Å². The summed E-state index contributed by atoms with van der Waals surface area (Å²) < 4.78 is 11.3. The number of benzene rings is 2. The maximum absolute atomic E-state index is 13.0. The van der Waals surface area contributed by atoms with Gasteiger partial charge in [-0.25, -0.2) is 0 Å². The van der Waals surface area contributed by atoms with Crippen LogP contribution in [0.15, 0.2) is 42.5 Å². The number of carbonyl (C=O) groups is 2. The van der Waals surface area contributed by atoms with E-state index < -0.39 is 6.04 Å². The number of nitrogens with one attached hydrogen (secondary N) is 2. The Morgan fingerprint density at radius 2 is 1.62 bits per heavy atom. The highest BCUT2D eigenvalue weighted by atomic mass is 16.5. The molecule has 2 amide bonds. The molecular formula is C26H36N2O4. The smallest absolute Gasteiger partial charge is 0.252 e. The molecule has 2 rings (SSSR count). The van der Waals surface area contributed by atoms with Crippen molar-refractivity contribution >= 4 is 11.8 Å². The van der Waals surface area contributed by atoms with Gasteiger partial charge in [0.05, 0.1) is 19.8 Å². The SMILES string of the molecule is COc1cc(C(C)NC(=O)C(NC(=O)c2ccccc2C)C(C)C)ccc1OCC(C)C. The molecule has 6 heteroatoms. The summed E-state index contributed by atoms with van der Waals surface area (Å²) in [5.41, 5.74) is 2.33. The van der Waals surface area contributed by atoms with Crippen molar-refractivity contribution < 1.29 is 19.1 Å². The molecule has 2 aromatic rings. The standard InChI is InChI=1S/C26H36N2O4/c1-16(2)15-32-22-13-12-20(14-23(22)31-7)19(6)27-26(30)24(17(3)4)28-25(29)21-11-9-8-10-18(21)5/h8-14,16-17,19,24H,15H2,1-7H3,(H,27,30)(H,28,29). The lowest BCUT2D eigenvalue weighted by Crippen LogP contribution is -2.50. The molecule has 0 radical (unpaired) electrons. The quantitative estimate of drug-likeness (QED) is 0.563. The molecule has 6 nitrogen and oxygen atoms in total. The minimum Gasteiger partial charge on any atom is -0.493 e. The third-order valence-corrected chi connectivity index (χ3v) is 5.24. The number of rotatable bonds is 10.